The molecular formula is C15H18O3S. The highest BCUT2D eigenvalue weighted by molar-refractivity contribution is 7.85. The number of benzene rings is 1. The minimum atomic E-state index is -3.38. The fraction of sp³-hybridized carbons (Fsp3) is 0.333. The predicted molar refractivity (Wildman–Crippen MR) is 76.4 cm³/mol. The van der Waals surface area contributed by atoms with Crippen molar-refractivity contribution in [1.29, 1.82) is 0 Å². The van der Waals surface area contributed by atoms with Crippen LogP contribution in [0.1, 0.15) is 18.4 Å². The molecule has 0 heterocycles. The predicted octanol–water partition coefficient (Wildman–Crippen LogP) is 2.81. The number of allylic oxidation sites excluding steroid dienone is 4. The molecule has 0 aliphatic heterocycles. The Morgan fingerprint density at radius 2 is 1.79 bits per heavy atom. The van der Waals surface area contributed by atoms with Gasteiger partial charge in [0.2, 0.25) is 0 Å². The molecule has 1 aliphatic carbocycles. The van der Waals surface area contributed by atoms with Crippen molar-refractivity contribution < 1.29 is 12.6 Å². The van der Waals surface area contributed by atoms with Gasteiger partial charge in [-0.25, -0.2) is 0 Å². The van der Waals surface area contributed by atoms with Crippen molar-refractivity contribution in [3.63, 3.8) is 0 Å². The molecule has 0 saturated heterocycles. The molecule has 1 aromatic carbocycles. The Kier molecular flexibility index (Phi) is 4.22. The van der Waals surface area contributed by atoms with Gasteiger partial charge in [0, 0.05) is 5.41 Å². The van der Waals surface area contributed by atoms with Crippen LogP contribution >= 0.6 is 0 Å². The van der Waals surface area contributed by atoms with Crippen LogP contribution in [0.4, 0.5) is 0 Å². The second-order valence-electron chi connectivity index (χ2n) is 4.72. The van der Waals surface area contributed by atoms with E-state index in [1.165, 1.54) is 0 Å². The molecule has 0 radical (unpaired) electrons. The van der Waals surface area contributed by atoms with Gasteiger partial charge in [-0.1, -0.05) is 54.6 Å². The summed E-state index contributed by atoms with van der Waals surface area (Å²) in [6.45, 7) is 0.183. The molecule has 3 nitrogen and oxygen atoms in total. The fourth-order valence-electron chi connectivity index (χ4n) is 2.30. The van der Waals surface area contributed by atoms with Crippen LogP contribution in [0.25, 0.3) is 0 Å². The average molecular weight is 278 g/mol. The average Bonchev–Trinajstić information content (AvgIpc) is 2.39. The van der Waals surface area contributed by atoms with E-state index in [4.69, 9.17) is 4.18 Å². The molecule has 102 valence electrons. The van der Waals surface area contributed by atoms with Gasteiger partial charge in [0.15, 0.2) is 0 Å². The highest BCUT2D eigenvalue weighted by Gasteiger charge is 2.27. The van der Waals surface area contributed by atoms with Crippen LogP contribution in [0.15, 0.2) is 54.6 Å². The van der Waals surface area contributed by atoms with E-state index >= 15 is 0 Å². The first-order valence-electron chi connectivity index (χ1n) is 6.27. The first-order valence-corrected chi connectivity index (χ1v) is 8.09. The van der Waals surface area contributed by atoms with Gasteiger partial charge in [0.1, 0.15) is 0 Å². The van der Waals surface area contributed by atoms with Crippen LogP contribution in [-0.2, 0) is 19.7 Å². The van der Waals surface area contributed by atoms with E-state index in [9.17, 15) is 8.42 Å². The highest BCUT2D eigenvalue weighted by Crippen LogP contribution is 2.34. The zero-order valence-electron chi connectivity index (χ0n) is 11.0. The lowest BCUT2D eigenvalue weighted by Gasteiger charge is -2.29. The van der Waals surface area contributed by atoms with Gasteiger partial charge in [-0.2, -0.15) is 8.42 Å². The summed E-state index contributed by atoms with van der Waals surface area (Å²) in [5.74, 6) is 0. The molecule has 1 aromatic rings. The smallest absolute Gasteiger partial charge is 0.264 e. The van der Waals surface area contributed by atoms with Gasteiger partial charge in [-0.3, -0.25) is 4.18 Å². The molecule has 0 spiro atoms. The molecule has 0 atom stereocenters. The zero-order chi connectivity index (χ0) is 13.8. The summed E-state index contributed by atoms with van der Waals surface area (Å²) >= 11 is 0. The molecule has 0 aromatic heterocycles. The van der Waals surface area contributed by atoms with Crippen molar-refractivity contribution in [2.75, 3.05) is 12.9 Å². The molecule has 0 bridgehead atoms. The van der Waals surface area contributed by atoms with Crippen molar-refractivity contribution in [3.8, 4) is 0 Å². The minimum absolute atomic E-state index is 0.183. The molecule has 0 fully saturated rings. The Morgan fingerprint density at radius 1 is 1.16 bits per heavy atom. The largest absolute Gasteiger partial charge is 0.270 e. The summed E-state index contributed by atoms with van der Waals surface area (Å²) in [5.41, 5.74) is 0.892. The normalized spacial score (nSPS) is 17.5. The molecule has 0 amide bonds. The van der Waals surface area contributed by atoms with Gasteiger partial charge in [0.05, 0.1) is 12.9 Å². The van der Waals surface area contributed by atoms with E-state index in [1.54, 1.807) is 0 Å². The lowest BCUT2D eigenvalue weighted by atomic mass is 9.75. The summed E-state index contributed by atoms with van der Waals surface area (Å²) in [7, 11) is -3.38. The maximum Gasteiger partial charge on any atom is 0.264 e. The Bertz CT molecular complexity index is 559. The lowest BCUT2D eigenvalue weighted by molar-refractivity contribution is 0.296. The quantitative estimate of drug-likeness (QED) is 0.614. The van der Waals surface area contributed by atoms with Crippen LogP contribution in [0.3, 0.4) is 0 Å². The third-order valence-corrected chi connectivity index (χ3v) is 3.82. The van der Waals surface area contributed by atoms with Crippen LogP contribution in [0.2, 0.25) is 0 Å². The third kappa shape index (κ3) is 3.78. The van der Waals surface area contributed by atoms with Gasteiger partial charge in [-0.15, -0.1) is 0 Å². The third-order valence-electron chi connectivity index (χ3n) is 3.23. The molecule has 19 heavy (non-hydrogen) atoms. The molecule has 4 heteroatoms. The summed E-state index contributed by atoms with van der Waals surface area (Å²) in [4.78, 5) is 0. The molecule has 0 saturated carbocycles. The summed E-state index contributed by atoms with van der Waals surface area (Å²) < 4.78 is 27.0. The SMILES string of the molecule is CS(=O)(=O)OCCC1(c2ccccc2)C=CCC=C1. The second-order valence-corrected chi connectivity index (χ2v) is 6.37. The van der Waals surface area contributed by atoms with Gasteiger partial charge < -0.3 is 0 Å². The number of hydrogen-bond donors (Lipinski definition) is 0. The van der Waals surface area contributed by atoms with E-state index in [2.05, 4.69) is 36.4 Å². The van der Waals surface area contributed by atoms with E-state index in [-0.39, 0.29) is 12.0 Å². The minimum Gasteiger partial charge on any atom is -0.270 e. The summed E-state index contributed by atoms with van der Waals surface area (Å²) in [6, 6.07) is 10.1. The Balaban J connectivity index is 2.19. The molecular weight excluding hydrogens is 260 g/mol. The topological polar surface area (TPSA) is 43.4 Å². The van der Waals surface area contributed by atoms with Crippen molar-refractivity contribution in [3.05, 3.63) is 60.2 Å². The monoisotopic (exact) mass is 278 g/mol. The molecule has 0 N–H and O–H groups in total. The summed E-state index contributed by atoms with van der Waals surface area (Å²) in [6.07, 6.45) is 11.1. The zero-order valence-corrected chi connectivity index (χ0v) is 11.8. The van der Waals surface area contributed by atoms with Crippen LogP contribution in [-0.4, -0.2) is 21.3 Å². The van der Waals surface area contributed by atoms with Crippen molar-refractivity contribution in [2.24, 2.45) is 0 Å². The molecule has 0 unspecified atom stereocenters. The van der Waals surface area contributed by atoms with Crippen LogP contribution in [0.5, 0.6) is 0 Å². The number of rotatable bonds is 5. The van der Waals surface area contributed by atoms with Crippen molar-refractivity contribution >= 4 is 10.1 Å². The standard InChI is InChI=1S/C15H18O3S/c1-19(16,17)18-13-12-15(10-6-3-7-11-15)14-8-4-2-5-9-14/h2,4-11H,3,12-13H2,1H3. The first-order chi connectivity index (χ1) is 9.02. The van der Waals surface area contributed by atoms with E-state index < -0.39 is 10.1 Å². The maximum atomic E-state index is 11.1. The number of hydrogen-bond acceptors (Lipinski definition) is 3. The van der Waals surface area contributed by atoms with E-state index in [0.717, 1.165) is 18.2 Å². The van der Waals surface area contributed by atoms with Gasteiger partial charge in [0.25, 0.3) is 10.1 Å². The Labute approximate surface area is 114 Å². The molecule has 1 aliphatic rings. The second kappa shape index (κ2) is 5.72. The Hall–Kier alpha value is -1.39. The van der Waals surface area contributed by atoms with Crippen LogP contribution < -0.4 is 0 Å². The van der Waals surface area contributed by atoms with Gasteiger partial charge >= 0.3 is 0 Å². The van der Waals surface area contributed by atoms with E-state index in [1.807, 2.05) is 18.2 Å². The van der Waals surface area contributed by atoms with Gasteiger partial charge in [-0.05, 0) is 18.4 Å². The Morgan fingerprint density at radius 3 is 2.37 bits per heavy atom. The highest BCUT2D eigenvalue weighted by atomic mass is 32.2. The van der Waals surface area contributed by atoms with E-state index in [0.29, 0.717) is 6.42 Å². The summed E-state index contributed by atoms with van der Waals surface area (Å²) in [5, 5.41) is 0. The van der Waals surface area contributed by atoms with Crippen molar-refractivity contribution in [2.45, 2.75) is 18.3 Å². The molecule has 2 rings (SSSR count). The maximum absolute atomic E-state index is 11.1. The lowest BCUT2D eigenvalue weighted by Crippen LogP contribution is -2.25. The van der Waals surface area contributed by atoms with Crippen molar-refractivity contribution in [1.82, 2.24) is 0 Å². The first kappa shape index (κ1) is 14.0. The van der Waals surface area contributed by atoms with Crippen LogP contribution in [0, 0.1) is 0 Å². The fourth-order valence-corrected chi connectivity index (χ4v) is 2.69.